The predicted octanol–water partition coefficient (Wildman–Crippen LogP) is 1.59. The van der Waals surface area contributed by atoms with Gasteiger partial charge in [0.2, 0.25) is 0 Å². The highest BCUT2D eigenvalue weighted by atomic mass is 79.9. The van der Waals surface area contributed by atoms with Crippen LogP contribution in [0.5, 0.6) is 0 Å². The van der Waals surface area contributed by atoms with Crippen LogP contribution in [-0.4, -0.2) is 33.8 Å². The maximum Gasteiger partial charge on any atom is 0.146 e. The fourth-order valence-electron chi connectivity index (χ4n) is 1.94. The van der Waals surface area contributed by atoms with Crippen LogP contribution in [0.15, 0.2) is 17.0 Å². The molecule has 0 aromatic carbocycles. The lowest BCUT2D eigenvalue weighted by Crippen LogP contribution is -2.46. The number of piperidine rings is 1. The minimum absolute atomic E-state index is 0.608. The molecule has 15 heavy (non-hydrogen) atoms. The molecule has 1 unspecified atom stereocenters. The zero-order chi connectivity index (χ0) is 10.9. The highest BCUT2D eigenvalue weighted by Crippen LogP contribution is 2.28. The van der Waals surface area contributed by atoms with E-state index in [2.05, 4.69) is 30.8 Å². The molecule has 0 saturated carbocycles. The Bertz CT molecular complexity index is 356. The highest BCUT2D eigenvalue weighted by Gasteiger charge is 2.29. The van der Waals surface area contributed by atoms with Gasteiger partial charge in [-0.25, -0.2) is 9.97 Å². The van der Waals surface area contributed by atoms with Crippen LogP contribution >= 0.6 is 15.9 Å². The topological polar surface area (TPSA) is 49.2 Å². The lowest BCUT2D eigenvalue weighted by atomic mass is 9.95. The molecule has 1 saturated heterocycles. The van der Waals surface area contributed by atoms with Crippen LogP contribution in [0.1, 0.15) is 19.8 Å². The van der Waals surface area contributed by atoms with Crippen molar-refractivity contribution in [2.24, 2.45) is 0 Å². The van der Waals surface area contributed by atoms with Crippen LogP contribution in [-0.2, 0) is 0 Å². The van der Waals surface area contributed by atoms with Crippen molar-refractivity contribution >= 4 is 21.7 Å². The van der Waals surface area contributed by atoms with E-state index in [9.17, 15) is 5.11 Å². The number of aromatic nitrogens is 2. The third-order valence-corrected chi connectivity index (χ3v) is 3.18. The minimum atomic E-state index is -0.608. The molecule has 1 aromatic heterocycles. The Labute approximate surface area is 97.5 Å². The molecule has 0 radical (unpaired) electrons. The fourth-order valence-corrected chi connectivity index (χ4v) is 2.41. The normalized spacial score (nSPS) is 26.7. The predicted molar refractivity (Wildman–Crippen MR) is 61.8 cm³/mol. The maximum atomic E-state index is 10.00. The number of halogens is 1. The molecular weight excluding hydrogens is 258 g/mol. The maximum absolute atomic E-state index is 10.00. The van der Waals surface area contributed by atoms with Gasteiger partial charge in [-0.1, -0.05) is 0 Å². The molecule has 4 nitrogen and oxygen atoms in total. The first-order chi connectivity index (χ1) is 7.08. The van der Waals surface area contributed by atoms with Crippen molar-refractivity contribution in [3.63, 3.8) is 0 Å². The standard InChI is InChI=1S/C10H14BrN3O/c1-10(15)3-2-4-14(6-10)9-8(11)5-12-7-13-9/h5,7,15H,2-4,6H2,1H3. The number of hydrogen-bond donors (Lipinski definition) is 1. The number of anilines is 1. The number of aliphatic hydroxyl groups is 1. The third kappa shape index (κ3) is 2.46. The fraction of sp³-hybridized carbons (Fsp3) is 0.600. The second kappa shape index (κ2) is 4.06. The van der Waals surface area contributed by atoms with Crippen molar-refractivity contribution in [2.75, 3.05) is 18.0 Å². The van der Waals surface area contributed by atoms with E-state index in [1.165, 1.54) is 6.33 Å². The van der Waals surface area contributed by atoms with Crippen molar-refractivity contribution in [1.82, 2.24) is 9.97 Å². The molecule has 1 aliphatic heterocycles. The molecular formula is C10H14BrN3O. The van der Waals surface area contributed by atoms with E-state index in [1.54, 1.807) is 6.20 Å². The number of β-amino-alcohol motifs (C(OH)–C–C–N with tert-alkyl or cyclic N) is 1. The molecule has 1 aromatic rings. The summed E-state index contributed by atoms with van der Waals surface area (Å²) in [4.78, 5) is 10.2. The summed E-state index contributed by atoms with van der Waals surface area (Å²) in [7, 11) is 0. The zero-order valence-corrected chi connectivity index (χ0v) is 10.2. The molecule has 1 aliphatic rings. The van der Waals surface area contributed by atoms with E-state index in [0.29, 0.717) is 6.54 Å². The summed E-state index contributed by atoms with van der Waals surface area (Å²) in [5.74, 6) is 0.866. The van der Waals surface area contributed by atoms with E-state index < -0.39 is 5.60 Å². The lowest BCUT2D eigenvalue weighted by Gasteiger charge is -2.37. The zero-order valence-electron chi connectivity index (χ0n) is 8.65. The summed E-state index contributed by atoms with van der Waals surface area (Å²) in [6.07, 6.45) is 5.10. The van der Waals surface area contributed by atoms with Crippen molar-refractivity contribution in [2.45, 2.75) is 25.4 Å². The van der Waals surface area contributed by atoms with Gasteiger partial charge in [-0.3, -0.25) is 0 Å². The summed E-state index contributed by atoms with van der Waals surface area (Å²) in [5, 5.41) is 10.00. The van der Waals surface area contributed by atoms with Crippen LogP contribution in [0, 0.1) is 0 Å². The second-order valence-corrected chi connectivity index (χ2v) is 5.07. The quantitative estimate of drug-likeness (QED) is 0.843. The van der Waals surface area contributed by atoms with Gasteiger partial charge in [-0.2, -0.15) is 0 Å². The number of hydrogen-bond acceptors (Lipinski definition) is 4. The highest BCUT2D eigenvalue weighted by molar-refractivity contribution is 9.10. The van der Waals surface area contributed by atoms with Crippen molar-refractivity contribution < 1.29 is 5.11 Å². The lowest BCUT2D eigenvalue weighted by molar-refractivity contribution is 0.0446. The van der Waals surface area contributed by atoms with Gasteiger partial charge in [0.05, 0.1) is 10.1 Å². The van der Waals surface area contributed by atoms with E-state index in [4.69, 9.17) is 0 Å². The molecule has 1 fully saturated rings. The third-order valence-electron chi connectivity index (χ3n) is 2.62. The number of nitrogens with zero attached hydrogens (tertiary/aromatic N) is 3. The van der Waals surface area contributed by atoms with E-state index in [1.807, 2.05) is 6.92 Å². The van der Waals surface area contributed by atoms with Gasteiger partial charge in [0.1, 0.15) is 12.1 Å². The molecule has 1 N–H and O–H groups in total. The molecule has 82 valence electrons. The van der Waals surface area contributed by atoms with Crippen LogP contribution in [0.2, 0.25) is 0 Å². The monoisotopic (exact) mass is 271 g/mol. The Hall–Kier alpha value is -0.680. The van der Waals surface area contributed by atoms with Gasteiger partial charge in [0.25, 0.3) is 0 Å². The smallest absolute Gasteiger partial charge is 0.146 e. The molecule has 5 heteroatoms. The van der Waals surface area contributed by atoms with E-state index in [-0.39, 0.29) is 0 Å². The SMILES string of the molecule is CC1(O)CCCN(c2ncncc2Br)C1. The summed E-state index contributed by atoms with van der Waals surface area (Å²) in [5.41, 5.74) is -0.608. The first-order valence-corrected chi connectivity index (χ1v) is 5.81. The first-order valence-electron chi connectivity index (χ1n) is 5.01. The van der Waals surface area contributed by atoms with Crippen LogP contribution in [0.4, 0.5) is 5.82 Å². The molecule has 2 heterocycles. The summed E-state index contributed by atoms with van der Waals surface area (Å²) in [6.45, 7) is 3.43. The first kappa shape index (κ1) is 10.8. The Morgan fingerprint density at radius 1 is 1.60 bits per heavy atom. The minimum Gasteiger partial charge on any atom is -0.388 e. The Balaban J connectivity index is 2.21. The average molecular weight is 272 g/mol. The van der Waals surface area contributed by atoms with Crippen molar-refractivity contribution in [3.8, 4) is 0 Å². The van der Waals surface area contributed by atoms with Gasteiger partial charge in [0.15, 0.2) is 0 Å². The summed E-state index contributed by atoms with van der Waals surface area (Å²) >= 11 is 3.42. The van der Waals surface area contributed by atoms with Crippen LogP contribution in [0.25, 0.3) is 0 Å². The van der Waals surface area contributed by atoms with Crippen LogP contribution in [0.3, 0.4) is 0 Å². The molecule has 0 amide bonds. The van der Waals surface area contributed by atoms with E-state index in [0.717, 1.165) is 29.7 Å². The molecule has 0 bridgehead atoms. The van der Waals surface area contributed by atoms with Crippen molar-refractivity contribution in [3.05, 3.63) is 17.0 Å². The average Bonchev–Trinajstić information content (AvgIpc) is 2.17. The van der Waals surface area contributed by atoms with Gasteiger partial charge >= 0.3 is 0 Å². The Morgan fingerprint density at radius 3 is 3.07 bits per heavy atom. The number of rotatable bonds is 1. The second-order valence-electron chi connectivity index (χ2n) is 4.22. The summed E-state index contributed by atoms with van der Waals surface area (Å²) in [6, 6.07) is 0. The van der Waals surface area contributed by atoms with Gasteiger partial charge in [-0.15, -0.1) is 0 Å². The molecule has 2 rings (SSSR count). The summed E-state index contributed by atoms with van der Waals surface area (Å²) < 4.78 is 0.878. The Morgan fingerprint density at radius 2 is 2.40 bits per heavy atom. The molecule has 0 spiro atoms. The molecule has 1 atom stereocenters. The van der Waals surface area contributed by atoms with Gasteiger partial charge in [0, 0.05) is 19.3 Å². The van der Waals surface area contributed by atoms with Crippen molar-refractivity contribution in [1.29, 1.82) is 0 Å². The largest absolute Gasteiger partial charge is 0.388 e. The van der Waals surface area contributed by atoms with Gasteiger partial charge < -0.3 is 10.0 Å². The van der Waals surface area contributed by atoms with Crippen LogP contribution < -0.4 is 4.90 Å². The molecule has 0 aliphatic carbocycles. The Kier molecular flexibility index (Phi) is 2.93. The van der Waals surface area contributed by atoms with Gasteiger partial charge in [-0.05, 0) is 35.7 Å². The van der Waals surface area contributed by atoms with E-state index >= 15 is 0 Å².